The van der Waals surface area contributed by atoms with Crippen molar-refractivity contribution in [2.75, 3.05) is 7.11 Å². The molecule has 2 aromatic carbocycles. The highest BCUT2D eigenvalue weighted by Gasteiger charge is 2.28. The molecule has 0 radical (unpaired) electrons. The van der Waals surface area contributed by atoms with E-state index in [1.807, 2.05) is 31.2 Å². The number of rotatable bonds is 9. The van der Waals surface area contributed by atoms with Gasteiger partial charge in [-0.15, -0.1) is 0 Å². The quantitative estimate of drug-likeness (QED) is 0.614. The molecule has 1 unspecified atom stereocenters. The summed E-state index contributed by atoms with van der Waals surface area (Å²) in [5.41, 5.74) is 3.28. The minimum Gasteiger partial charge on any atom is -0.497 e. The molecule has 1 saturated carbocycles. The van der Waals surface area contributed by atoms with Gasteiger partial charge in [0.15, 0.2) is 0 Å². The maximum atomic E-state index is 13.3. The van der Waals surface area contributed by atoms with Gasteiger partial charge in [0.2, 0.25) is 11.8 Å². The molecular weight excluding hydrogens is 400 g/mol. The molecule has 0 aromatic heterocycles. The largest absolute Gasteiger partial charge is 0.497 e. The van der Waals surface area contributed by atoms with E-state index >= 15 is 0 Å². The van der Waals surface area contributed by atoms with Crippen molar-refractivity contribution in [3.8, 4) is 5.75 Å². The average Bonchev–Trinajstić information content (AvgIpc) is 2.82. The van der Waals surface area contributed by atoms with Gasteiger partial charge in [-0.05, 0) is 56.4 Å². The highest BCUT2D eigenvalue weighted by molar-refractivity contribution is 5.87. The highest BCUT2D eigenvalue weighted by atomic mass is 16.5. The molecule has 3 rings (SSSR count). The molecule has 1 aliphatic carbocycles. The lowest BCUT2D eigenvalue weighted by Crippen LogP contribution is -2.50. The van der Waals surface area contributed by atoms with Gasteiger partial charge >= 0.3 is 0 Å². The van der Waals surface area contributed by atoms with Gasteiger partial charge in [-0.1, -0.05) is 61.2 Å². The zero-order valence-electron chi connectivity index (χ0n) is 19.6. The van der Waals surface area contributed by atoms with E-state index in [0.717, 1.165) is 42.6 Å². The SMILES string of the molecule is COc1cccc(CN(C(=O)CCc2ccc(C)cc2)C(C)C(=O)NC2CCCCC2)c1. The van der Waals surface area contributed by atoms with Crippen LogP contribution in [-0.2, 0) is 22.6 Å². The Kier molecular flexibility index (Phi) is 8.72. The first-order chi connectivity index (χ1) is 15.5. The molecule has 5 heteroatoms. The molecule has 0 heterocycles. The van der Waals surface area contributed by atoms with Gasteiger partial charge in [-0.3, -0.25) is 9.59 Å². The van der Waals surface area contributed by atoms with Crippen LogP contribution in [0.2, 0.25) is 0 Å². The van der Waals surface area contributed by atoms with Gasteiger partial charge in [-0.25, -0.2) is 0 Å². The molecule has 5 nitrogen and oxygen atoms in total. The van der Waals surface area contributed by atoms with Crippen molar-refractivity contribution in [3.63, 3.8) is 0 Å². The second kappa shape index (κ2) is 11.7. The Bertz CT molecular complexity index is 888. The van der Waals surface area contributed by atoms with Gasteiger partial charge in [0.25, 0.3) is 0 Å². The molecule has 1 N–H and O–H groups in total. The van der Waals surface area contributed by atoms with Crippen LogP contribution in [0.25, 0.3) is 0 Å². The van der Waals surface area contributed by atoms with E-state index in [1.165, 1.54) is 12.0 Å². The van der Waals surface area contributed by atoms with Crippen LogP contribution in [0.5, 0.6) is 5.75 Å². The molecular formula is C27H36N2O3. The fourth-order valence-corrected chi connectivity index (χ4v) is 4.27. The molecule has 1 atom stereocenters. The zero-order valence-corrected chi connectivity index (χ0v) is 19.6. The van der Waals surface area contributed by atoms with Crippen molar-refractivity contribution < 1.29 is 14.3 Å². The first kappa shape index (κ1) is 23.8. The predicted molar refractivity (Wildman–Crippen MR) is 128 cm³/mol. The van der Waals surface area contributed by atoms with Crippen LogP contribution in [0.3, 0.4) is 0 Å². The molecule has 32 heavy (non-hydrogen) atoms. The normalized spacial score (nSPS) is 15.1. The van der Waals surface area contributed by atoms with Crippen molar-refractivity contribution in [3.05, 3.63) is 65.2 Å². The minimum atomic E-state index is -0.534. The Labute approximate surface area is 192 Å². The summed E-state index contributed by atoms with van der Waals surface area (Å²) in [6.45, 7) is 4.27. The number of nitrogens with zero attached hydrogens (tertiary/aromatic N) is 1. The molecule has 172 valence electrons. The van der Waals surface area contributed by atoms with E-state index in [-0.39, 0.29) is 17.9 Å². The standard InChI is InChI=1S/C27H36N2O3/c1-20-12-14-22(15-13-20)16-17-26(30)29(19-23-8-7-11-25(18-23)32-3)21(2)27(31)28-24-9-5-4-6-10-24/h7-8,11-15,18,21,24H,4-6,9-10,16-17,19H2,1-3H3,(H,28,31). The Hall–Kier alpha value is -2.82. The predicted octanol–water partition coefficient (Wildman–Crippen LogP) is 4.80. The van der Waals surface area contributed by atoms with Crippen molar-refractivity contribution in [1.82, 2.24) is 10.2 Å². The van der Waals surface area contributed by atoms with Gasteiger partial charge < -0.3 is 15.0 Å². The summed E-state index contributed by atoms with van der Waals surface area (Å²) < 4.78 is 5.34. The fourth-order valence-electron chi connectivity index (χ4n) is 4.27. The molecule has 0 aliphatic heterocycles. The van der Waals surface area contributed by atoms with Crippen LogP contribution in [-0.4, -0.2) is 35.9 Å². The van der Waals surface area contributed by atoms with Crippen LogP contribution >= 0.6 is 0 Å². The van der Waals surface area contributed by atoms with E-state index in [1.54, 1.807) is 12.0 Å². The highest BCUT2D eigenvalue weighted by Crippen LogP contribution is 2.20. The maximum Gasteiger partial charge on any atom is 0.242 e. The van der Waals surface area contributed by atoms with Crippen molar-refractivity contribution in [2.24, 2.45) is 0 Å². The lowest BCUT2D eigenvalue weighted by molar-refractivity contribution is -0.141. The Balaban J connectivity index is 1.71. The molecule has 2 aromatic rings. The summed E-state index contributed by atoms with van der Waals surface area (Å²) in [5, 5.41) is 3.18. The number of methoxy groups -OCH3 is 1. The lowest BCUT2D eigenvalue weighted by atomic mass is 9.95. The zero-order chi connectivity index (χ0) is 22.9. The van der Waals surface area contributed by atoms with Crippen molar-refractivity contribution in [1.29, 1.82) is 0 Å². The minimum absolute atomic E-state index is 0.0142. The van der Waals surface area contributed by atoms with E-state index in [4.69, 9.17) is 4.74 Å². The molecule has 2 amide bonds. The molecule has 1 aliphatic rings. The number of carbonyl (C=O) groups is 2. The third-order valence-corrected chi connectivity index (χ3v) is 6.35. The molecule has 0 spiro atoms. The second-order valence-electron chi connectivity index (χ2n) is 8.88. The summed E-state index contributed by atoms with van der Waals surface area (Å²) in [7, 11) is 1.63. The van der Waals surface area contributed by atoms with Crippen LogP contribution in [0.15, 0.2) is 48.5 Å². The van der Waals surface area contributed by atoms with Gasteiger partial charge in [0.05, 0.1) is 7.11 Å². The summed E-state index contributed by atoms with van der Waals surface area (Å²) in [5.74, 6) is 0.664. The fraction of sp³-hybridized carbons (Fsp3) is 0.481. The number of amides is 2. The lowest BCUT2D eigenvalue weighted by Gasteiger charge is -2.31. The first-order valence-corrected chi connectivity index (χ1v) is 11.7. The number of aryl methyl sites for hydroxylation is 2. The van der Waals surface area contributed by atoms with Crippen LogP contribution in [0.4, 0.5) is 0 Å². The molecule has 0 bridgehead atoms. The van der Waals surface area contributed by atoms with Gasteiger partial charge in [-0.2, -0.15) is 0 Å². The maximum absolute atomic E-state index is 13.3. The van der Waals surface area contributed by atoms with Gasteiger partial charge in [0.1, 0.15) is 11.8 Å². The van der Waals surface area contributed by atoms with Crippen LogP contribution < -0.4 is 10.1 Å². The number of carbonyl (C=O) groups excluding carboxylic acids is 2. The summed E-state index contributed by atoms with van der Waals surface area (Å²) in [6, 6.07) is 15.6. The average molecular weight is 437 g/mol. The number of nitrogens with one attached hydrogen (secondary N) is 1. The van der Waals surface area contributed by atoms with Crippen molar-refractivity contribution >= 4 is 11.8 Å². The smallest absolute Gasteiger partial charge is 0.242 e. The number of hydrogen-bond donors (Lipinski definition) is 1. The molecule has 0 saturated heterocycles. The topological polar surface area (TPSA) is 58.6 Å². The monoisotopic (exact) mass is 436 g/mol. The Morgan fingerprint density at radius 1 is 1.06 bits per heavy atom. The van der Waals surface area contributed by atoms with Gasteiger partial charge in [0, 0.05) is 19.0 Å². The van der Waals surface area contributed by atoms with E-state index in [0.29, 0.717) is 19.4 Å². The third-order valence-electron chi connectivity index (χ3n) is 6.35. The first-order valence-electron chi connectivity index (χ1n) is 11.7. The second-order valence-corrected chi connectivity index (χ2v) is 8.88. The van der Waals surface area contributed by atoms with Crippen LogP contribution in [0, 0.1) is 6.92 Å². The summed E-state index contributed by atoms with van der Waals surface area (Å²) in [6.07, 6.45) is 6.62. The number of ether oxygens (including phenoxy) is 1. The third kappa shape index (κ3) is 6.84. The molecule has 1 fully saturated rings. The van der Waals surface area contributed by atoms with E-state index in [9.17, 15) is 9.59 Å². The van der Waals surface area contributed by atoms with Crippen LogP contribution in [0.1, 0.15) is 62.1 Å². The van der Waals surface area contributed by atoms with E-state index in [2.05, 4.69) is 36.5 Å². The van der Waals surface area contributed by atoms with E-state index < -0.39 is 6.04 Å². The summed E-state index contributed by atoms with van der Waals surface area (Å²) >= 11 is 0. The summed E-state index contributed by atoms with van der Waals surface area (Å²) in [4.78, 5) is 28.1. The van der Waals surface area contributed by atoms with Crippen molar-refractivity contribution in [2.45, 2.75) is 77.4 Å². The number of hydrogen-bond acceptors (Lipinski definition) is 3. The number of benzene rings is 2. The Morgan fingerprint density at radius 2 is 1.78 bits per heavy atom. The Morgan fingerprint density at radius 3 is 2.47 bits per heavy atom.